The van der Waals surface area contributed by atoms with Crippen molar-refractivity contribution in [2.45, 2.75) is 33.6 Å². The molecule has 1 nitrogen and oxygen atoms in total. The third-order valence-electron chi connectivity index (χ3n) is 2.80. The third-order valence-corrected chi connectivity index (χ3v) is 2.80. The molecule has 0 saturated heterocycles. The van der Waals surface area contributed by atoms with Crippen LogP contribution >= 0.6 is 0 Å². The van der Waals surface area contributed by atoms with E-state index < -0.39 is 0 Å². The van der Waals surface area contributed by atoms with Crippen LogP contribution in [0.3, 0.4) is 0 Å². The van der Waals surface area contributed by atoms with Crippen molar-refractivity contribution in [3.63, 3.8) is 0 Å². The molecular formula is C12H18O. The van der Waals surface area contributed by atoms with Crippen molar-refractivity contribution >= 4 is 5.78 Å². The molecule has 1 rings (SSSR count). The molecule has 0 bridgehead atoms. The maximum absolute atomic E-state index is 11.0. The quantitative estimate of drug-likeness (QED) is 0.469. The predicted molar refractivity (Wildman–Crippen MR) is 55.5 cm³/mol. The molecule has 0 fully saturated rings. The Morgan fingerprint density at radius 1 is 1.46 bits per heavy atom. The minimum atomic E-state index is 0.196. The minimum absolute atomic E-state index is 0.196. The average molecular weight is 178 g/mol. The zero-order valence-electron chi connectivity index (χ0n) is 8.71. The average Bonchev–Trinajstić information content (AvgIpc) is 2.08. The number of carbonyl (C=O) groups is 1. The molecule has 0 heterocycles. The largest absolute Gasteiger partial charge is 0.295 e. The number of hydrogen-bond acceptors (Lipinski definition) is 1. The molecule has 0 aromatic carbocycles. The summed E-state index contributed by atoms with van der Waals surface area (Å²) in [5.74, 6) is 1.35. The molecule has 0 saturated carbocycles. The number of hydrogen-bond donors (Lipinski definition) is 0. The van der Waals surface area contributed by atoms with Gasteiger partial charge < -0.3 is 0 Å². The van der Waals surface area contributed by atoms with Crippen molar-refractivity contribution < 1.29 is 4.79 Å². The SMILES string of the molecule is CC(=O)/C(C)=C/C1CCC=CC1C. The fraction of sp³-hybridized carbons (Fsp3) is 0.583. The zero-order chi connectivity index (χ0) is 9.84. The highest BCUT2D eigenvalue weighted by Gasteiger charge is 2.15. The van der Waals surface area contributed by atoms with E-state index in [2.05, 4.69) is 25.2 Å². The van der Waals surface area contributed by atoms with E-state index in [1.54, 1.807) is 6.92 Å². The lowest BCUT2D eigenvalue weighted by Crippen LogP contribution is -2.11. The van der Waals surface area contributed by atoms with Crippen molar-refractivity contribution in [1.29, 1.82) is 0 Å². The number of carbonyl (C=O) groups excluding carboxylic acids is 1. The molecule has 72 valence electrons. The number of ketones is 1. The minimum Gasteiger partial charge on any atom is -0.295 e. The van der Waals surface area contributed by atoms with Gasteiger partial charge in [-0.15, -0.1) is 0 Å². The molecule has 13 heavy (non-hydrogen) atoms. The molecule has 0 aromatic heterocycles. The van der Waals surface area contributed by atoms with Gasteiger partial charge >= 0.3 is 0 Å². The van der Waals surface area contributed by atoms with E-state index >= 15 is 0 Å². The summed E-state index contributed by atoms with van der Waals surface area (Å²) in [5, 5.41) is 0. The van der Waals surface area contributed by atoms with Crippen molar-refractivity contribution in [2.24, 2.45) is 11.8 Å². The van der Waals surface area contributed by atoms with Gasteiger partial charge in [0.15, 0.2) is 5.78 Å². The molecular weight excluding hydrogens is 160 g/mol. The summed E-state index contributed by atoms with van der Waals surface area (Å²) >= 11 is 0. The molecule has 0 amide bonds. The summed E-state index contributed by atoms with van der Waals surface area (Å²) in [6, 6.07) is 0. The Hall–Kier alpha value is -0.850. The molecule has 0 aliphatic heterocycles. The standard InChI is InChI=1S/C12H18O/c1-9-6-4-5-7-12(9)8-10(2)11(3)13/h4,6,8-9,12H,5,7H2,1-3H3/b10-8+. The van der Waals surface area contributed by atoms with Gasteiger partial charge in [-0.25, -0.2) is 0 Å². The van der Waals surface area contributed by atoms with Crippen LogP contribution in [0.25, 0.3) is 0 Å². The van der Waals surface area contributed by atoms with Crippen LogP contribution in [-0.4, -0.2) is 5.78 Å². The van der Waals surface area contributed by atoms with E-state index in [-0.39, 0.29) is 5.78 Å². The predicted octanol–water partition coefficient (Wildman–Crippen LogP) is 3.12. The summed E-state index contributed by atoms with van der Waals surface area (Å²) in [5.41, 5.74) is 0.909. The number of Topliss-reactive ketones (excluding diaryl/α,β-unsaturated/α-hetero) is 1. The monoisotopic (exact) mass is 178 g/mol. The summed E-state index contributed by atoms with van der Waals surface area (Å²) in [6.07, 6.45) is 8.95. The maximum atomic E-state index is 11.0. The second-order valence-electron chi connectivity index (χ2n) is 3.93. The topological polar surface area (TPSA) is 17.1 Å². The van der Waals surface area contributed by atoms with E-state index in [1.165, 1.54) is 6.42 Å². The van der Waals surface area contributed by atoms with Gasteiger partial charge in [0.05, 0.1) is 0 Å². The molecule has 1 aliphatic carbocycles. The van der Waals surface area contributed by atoms with Crippen LogP contribution in [0.5, 0.6) is 0 Å². The van der Waals surface area contributed by atoms with Gasteiger partial charge in [0.2, 0.25) is 0 Å². The summed E-state index contributed by atoms with van der Waals surface area (Å²) < 4.78 is 0. The lowest BCUT2D eigenvalue weighted by Gasteiger charge is -2.21. The van der Waals surface area contributed by atoms with Gasteiger partial charge in [-0.2, -0.15) is 0 Å². The molecule has 0 aromatic rings. The molecule has 2 unspecified atom stereocenters. The molecule has 0 radical (unpaired) electrons. The summed E-state index contributed by atoms with van der Waals surface area (Å²) in [4.78, 5) is 11.0. The van der Waals surface area contributed by atoms with E-state index in [0.29, 0.717) is 11.8 Å². The number of rotatable bonds is 2. The van der Waals surface area contributed by atoms with Crippen LogP contribution < -0.4 is 0 Å². The first-order valence-electron chi connectivity index (χ1n) is 4.97. The molecule has 0 N–H and O–H groups in total. The first-order chi connectivity index (χ1) is 6.11. The van der Waals surface area contributed by atoms with Crippen LogP contribution in [-0.2, 0) is 4.79 Å². The van der Waals surface area contributed by atoms with Crippen LogP contribution in [0.4, 0.5) is 0 Å². The lowest BCUT2D eigenvalue weighted by molar-refractivity contribution is -0.113. The Kier molecular flexibility index (Phi) is 3.47. The van der Waals surface area contributed by atoms with Crippen LogP contribution in [0.1, 0.15) is 33.6 Å². The van der Waals surface area contributed by atoms with E-state index in [0.717, 1.165) is 12.0 Å². The van der Waals surface area contributed by atoms with Crippen LogP contribution in [0, 0.1) is 11.8 Å². The number of allylic oxidation sites excluding steroid dienone is 4. The highest BCUT2D eigenvalue weighted by molar-refractivity contribution is 5.92. The van der Waals surface area contributed by atoms with E-state index in [4.69, 9.17) is 0 Å². The Balaban J connectivity index is 2.67. The van der Waals surface area contributed by atoms with Crippen molar-refractivity contribution in [2.75, 3.05) is 0 Å². The highest BCUT2D eigenvalue weighted by Crippen LogP contribution is 2.26. The molecule has 1 heteroatoms. The fourth-order valence-corrected chi connectivity index (χ4v) is 1.68. The zero-order valence-corrected chi connectivity index (χ0v) is 8.71. The maximum Gasteiger partial charge on any atom is 0.155 e. The Labute approximate surface area is 80.5 Å². The first kappa shape index (κ1) is 10.2. The van der Waals surface area contributed by atoms with Gasteiger partial charge in [-0.3, -0.25) is 4.79 Å². The van der Waals surface area contributed by atoms with Gasteiger partial charge in [0.1, 0.15) is 0 Å². The van der Waals surface area contributed by atoms with Crippen molar-refractivity contribution in [3.8, 4) is 0 Å². The highest BCUT2D eigenvalue weighted by atomic mass is 16.1. The Morgan fingerprint density at radius 2 is 2.15 bits per heavy atom. The first-order valence-corrected chi connectivity index (χ1v) is 4.97. The molecule has 0 spiro atoms. The van der Waals surface area contributed by atoms with Gasteiger partial charge in [-0.1, -0.05) is 25.2 Å². The van der Waals surface area contributed by atoms with Crippen LogP contribution in [0.2, 0.25) is 0 Å². The van der Waals surface area contributed by atoms with Gasteiger partial charge in [0.25, 0.3) is 0 Å². The van der Waals surface area contributed by atoms with E-state index in [1.807, 2.05) is 6.92 Å². The summed E-state index contributed by atoms with van der Waals surface area (Å²) in [7, 11) is 0. The smallest absolute Gasteiger partial charge is 0.155 e. The Morgan fingerprint density at radius 3 is 2.69 bits per heavy atom. The summed E-state index contributed by atoms with van der Waals surface area (Å²) in [6.45, 7) is 5.76. The Bertz CT molecular complexity index is 248. The van der Waals surface area contributed by atoms with Crippen molar-refractivity contribution in [3.05, 3.63) is 23.8 Å². The lowest BCUT2D eigenvalue weighted by atomic mass is 9.84. The van der Waals surface area contributed by atoms with Crippen molar-refractivity contribution in [1.82, 2.24) is 0 Å². The molecule has 1 aliphatic rings. The second-order valence-corrected chi connectivity index (χ2v) is 3.93. The van der Waals surface area contributed by atoms with Crippen LogP contribution in [0.15, 0.2) is 23.8 Å². The third kappa shape index (κ3) is 2.83. The normalized spacial score (nSPS) is 29.0. The molecule has 2 atom stereocenters. The van der Waals surface area contributed by atoms with Gasteiger partial charge in [-0.05, 0) is 44.1 Å². The van der Waals surface area contributed by atoms with E-state index in [9.17, 15) is 4.79 Å². The van der Waals surface area contributed by atoms with Gasteiger partial charge in [0, 0.05) is 0 Å². The fourth-order valence-electron chi connectivity index (χ4n) is 1.68. The second kappa shape index (κ2) is 4.40.